The molecule has 1 unspecified atom stereocenters. The standard InChI is InChI=1S/C17H19NO2/c1-2-3-11-15(14-9-5-4-6-10-14)18-13-8-7-12-16(18)17(19)20/h4-10,12-13,15H,2-3,11H2,1H3/p+1. The lowest BCUT2D eigenvalue weighted by Crippen LogP contribution is -2.45. The third-order valence-electron chi connectivity index (χ3n) is 3.46. The Balaban J connectivity index is 2.44. The molecule has 3 heteroatoms. The molecular formula is C17H20NO2+. The lowest BCUT2D eigenvalue weighted by molar-refractivity contribution is -0.716. The highest BCUT2D eigenvalue weighted by Crippen LogP contribution is 2.19. The molecule has 2 aromatic rings. The van der Waals surface area contributed by atoms with E-state index in [0.29, 0.717) is 5.69 Å². The number of nitrogens with zero attached hydrogens (tertiary/aromatic N) is 1. The molecule has 2 rings (SSSR count). The predicted molar refractivity (Wildman–Crippen MR) is 77.7 cm³/mol. The summed E-state index contributed by atoms with van der Waals surface area (Å²) in [6, 6.07) is 15.5. The largest absolute Gasteiger partial charge is 0.473 e. The van der Waals surface area contributed by atoms with Gasteiger partial charge < -0.3 is 5.11 Å². The van der Waals surface area contributed by atoms with Crippen LogP contribution in [0.15, 0.2) is 54.7 Å². The predicted octanol–water partition coefficient (Wildman–Crippen LogP) is 3.45. The minimum absolute atomic E-state index is 0.0726. The zero-order chi connectivity index (χ0) is 14.4. The average molecular weight is 270 g/mol. The summed E-state index contributed by atoms with van der Waals surface area (Å²) in [6.45, 7) is 2.15. The first-order chi connectivity index (χ1) is 9.74. The van der Waals surface area contributed by atoms with Crippen LogP contribution in [0.3, 0.4) is 0 Å². The molecule has 1 N–H and O–H groups in total. The van der Waals surface area contributed by atoms with Crippen LogP contribution in [0.25, 0.3) is 0 Å². The van der Waals surface area contributed by atoms with Crippen molar-refractivity contribution in [1.29, 1.82) is 0 Å². The first-order valence-corrected chi connectivity index (χ1v) is 7.02. The minimum atomic E-state index is -0.886. The van der Waals surface area contributed by atoms with Crippen molar-refractivity contribution in [2.24, 2.45) is 0 Å². The molecule has 0 aliphatic carbocycles. The van der Waals surface area contributed by atoms with Crippen LogP contribution < -0.4 is 4.57 Å². The molecule has 0 aliphatic heterocycles. The topological polar surface area (TPSA) is 41.2 Å². The van der Waals surface area contributed by atoms with Crippen molar-refractivity contribution in [3.05, 3.63) is 66.0 Å². The highest BCUT2D eigenvalue weighted by atomic mass is 16.4. The minimum Gasteiger partial charge on any atom is -0.473 e. The van der Waals surface area contributed by atoms with Crippen LogP contribution in [-0.4, -0.2) is 11.1 Å². The Bertz CT molecular complexity index is 566. The van der Waals surface area contributed by atoms with E-state index in [1.807, 2.05) is 35.0 Å². The maximum Gasteiger partial charge on any atom is 0.401 e. The van der Waals surface area contributed by atoms with E-state index in [1.54, 1.807) is 12.1 Å². The number of aromatic nitrogens is 1. The van der Waals surface area contributed by atoms with E-state index in [0.717, 1.165) is 24.8 Å². The molecule has 104 valence electrons. The number of benzene rings is 1. The van der Waals surface area contributed by atoms with Crippen molar-refractivity contribution in [3.8, 4) is 0 Å². The van der Waals surface area contributed by atoms with Gasteiger partial charge in [-0.2, -0.15) is 4.57 Å². The Morgan fingerprint density at radius 3 is 2.50 bits per heavy atom. The second kappa shape index (κ2) is 6.85. The van der Waals surface area contributed by atoms with Crippen molar-refractivity contribution in [3.63, 3.8) is 0 Å². The fraction of sp³-hybridized carbons (Fsp3) is 0.294. The van der Waals surface area contributed by atoms with Crippen LogP contribution in [0.2, 0.25) is 0 Å². The molecule has 0 saturated carbocycles. The summed E-state index contributed by atoms with van der Waals surface area (Å²) in [5.41, 5.74) is 1.48. The van der Waals surface area contributed by atoms with Crippen LogP contribution >= 0.6 is 0 Å². The van der Waals surface area contributed by atoms with E-state index in [2.05, 4.69) is 19.1 Å². The third-order valence-corrected chi connectivity index (χ3v) is 3.46. The van der Waals surface area contributed by atoms with Gasteiger partial charge in [0.15, 0.2) is 12.2 Å². The fourth-order valence-corrected chi connectivity index (χ4v) is 2.45. The van der Waals surface area contributed by atoms with Crippen molar-refractivity contribution in [1.82, 2.24) is 0 Å². The molecule has 0 amide bonds. The van der Waals surface area contributed by atoms with Crippen molar-refractivity contribution >= 4 is 5.97 Å². The molecule has 1 heterocycles. The van der Waals surface area contributed by atoms with Crippen LogP contribution in [0.1, 0.15) is 48.3 Å². The van der Waals surface area contributed by atoms with Crippen LogP contribution in [0.5, 0.6) is 0 Å². The van der Waals surface area contributed by atoms with Gasteiger partial charge in [-0.15, -0.1) is 0 Å². The van der Waals surface area contributed by atoms with Crippen molar-refractivity contribution in [2.75, 3.05) is 0 Å². The molecule has 3 nitrogen and oxygen atoms in total. The number of rotatable bonds is 6. The van der Waals surface area contributed by atoms with Crippen LogP contribution in [0.4, 0.5) is 0 Å². The summed E-state index contributed by atoms with van der Waals surface area (Å²) >= 11 is 0. The second-order valence-electron chi connectivity index (χ2n) is 4.87. The van der Waals surface area contributed by atoms with Crippen molar-refractivity contribution < 1.29 is 14.5 Å². The maximum atomic E-state index is 11.4. The van der Waals surface area contributed by atoms with Gasteiger partial charge in [0.2, 0.25) is 0 Å². The molecule has 1 atom stereocenters. The summed E-state index contributed by atoms with van der Waals surface area (Å²) in [4.78, 5) is 11.4. The van der Waals surface area contributed by atoms with Gasteiger partial charge in [-0.25, -0.2) is 4.79 Å². The van der Waals surface area contributed by atoms with Gasteiger partial charge >= 0.3 is 5.97 Å². The van der Waals surface area contributed by atoms with Gasteiger partial charge in [0, 0.05) is 24.1 Å². The molecule has 0 aliphatic rings. The lowest BCUT2D eigenvalue weighted by atomic mass is 10.00. The van der Waals surface area contributed by atoms with E-state index in [1.165, 1.54) is 0 Å². The summed E-state index contributed by atoms with van der Waals surface area (Å²) < 4.78 is 1.87. The van der Waals surface area contributed by atoms with E-state index in [-0.39, 0.29) is 6.04 Å². The number of carboxylic acid groups (broad SMARTS) is 1. The zero-order valence-electron chi connectivity index (χ0n) is 11.7. The highest BCUT2D eigenvalue weighted by Gasteiger charge is 2.27. The Morgan fingerprint density at radius 2 is 1.85 bits per heavy atom. The Morgan fingerprint density at radius 1 is 1.15 bits per heavy atom. The van der Waals surface area contributed by atoms with Crippen molar-refractivity contribution in [2.45, 2.75) is 32.2 Å². The molecule has 0 radical (unpaired) electrons. The number of aromatic carboxylic acids is 1. The van der Waals surface area contributed by atoms with E-state index in [9.17, 15) is 9.90 Å². The van der Waals surface area contributed by atoms with E-state index < -0.39 is 5.97 Å². The monoisotopic (exact) mass is 270 g/mol. The molecule has 0 fully saturated rings. The summed E-state index contributed by atoms with van der Waals surface area (Å²) in [5.74, 6) is -0.886. The van der Waals surface area contributed by atoms with Crippen LogP contribution in [0, 0.1) is 0 Å². The first-order valence-electron chi connectivity index (χ1n) is 7.02. The number of unbranched alkanes of at least 4 members (excludes halogenated alkanes) is 1. The number of carbonyl (C=O) groups is 1. The lowest BCUT2D eigenvalue weighted by Gasteiger charge is -2.14. The van der Waals surface area contributed by atoms with E-state index in [4.69, 9.17) is 0 Å². The van der Waals surface area contributed by atoms with Gasteiger partial charge in [0.25, 0.3) is 5.69 Å². The van der Waals surface area contributed by atoms with Gasteiger partial charge in [0.05, 0.1) is 0 Å². The van der Waals surface area contributed by atoms with E-state index >= 15 is 0 Å². The molecule has 0 spiro atoms. The Hall–Kier alpha value is -2.16. The number of pyridine rings is 1. The summed E-state index contributed by atoms with van der Waals surface area (Å²) in [7, 11) is 0. The Labute approximate surface area is 119 Å². The maximum absolute atomic E-state index is 11.4. The molecule has 0 bridgehead atoms. The molecule has 1 aromatic heterocycles. The first kappa shape index (κ1) is 14.3. The average Bonchev–Trinajstić information content (AvgIpc) is 2.49. The van der Waals surface area contributed by atoms with Crippen LogP contribution in [-0.2, 0) is 0 Å². The van der Waals surface area contributed by atoms with Gasteiger partial charge in [-0.1, -0.05) is 43.7 Å². The number of hydrogen-bond acceptors (Lipinski definition) is 1. The molecule has 1 aromatic carbocycles. The fourth-order valence-electron chi connectivity index (χ4n) is 2.45. The second-order valence-corrected chi connectivity index (χ2v) is 4.87. The number of carboxylic acids is 1. The third kappa shape index (κ3) is 3.23. The Kier molecular flexibility index (Phi) is 4.88. The normalized spacial score (nSPS) is 12.1. The molecule has 0 saturated heterocycles. The molecule has 20 heavy (non-hydrogen) atoms. The summed E-state index contributed by atoms with van der Waals surface area (Å²) in [6.07, 6.45) is 4.96. The van der Waals surface area contributed by atoms with Gasteiger partial charge in [-0.3, -0.25) is 0 Å². The number of hydrogen-bond donors (Lipinski definition) is 1. The zero-order valence-corrected chi connectivity index (χ0v) is 11.7. The summed E-state index contributed by atoms with van der Waals surface area (Å²) in [5, 5.41) is 9.37. The van der Waals surface area contributed by atoms with Gasteiger partial charge in [-0.05, 0) is 12.5 Å². The SMILES string of the molecule is CCCCC(c1ccccc1)[n+]1ccccc1C(=O)O. The smallest absolute Gasteiger partial charge is 0.401 e. The quantitative estimate of drug-likeness (QED) is 0.817. The highest BCUT2D eigenvalue weighted by molar-refractivity contribution is 5.83. The van der Waals surface area contributed by atoms with Gasteiger partial charge in [0.1, 0.15) is 0 Å². The molecular weight excluding hydrogens is 250 g/mol.